The molecule has 0 aliphatic carbocycles. The molecule has 3 heterocycles. The minimum absolute atomic E-state index is 0.169. The van der Waals surface area contributed by atoms with Gasteiger partial charge in [-0.05, 0) is 19.1 Å². The maximum absolute atomic E-state index is 13.2. The molecule has 1 atom stereocenters. The lowest BCUT2D eigenvalue weighted by Gasteiger charge is -2.47. The summed E-state index contributed by atoms with van der Waals surface area (Å²) in [6, 6.07) is 6.89. The van der Waals surface area contributed by atoms with E-state index in [0.717, 1.165) is 4.88 Å². The Bertz CT molecular complexity index is 909. The van der Waals surface area contributed by atoms with Crippen LogP contribution in [0.25, 0.3) is 0 Å². The third kappa shape index (κ3) is 2.10. The second-order valence-corrected chi connectivity index (χ2v) is 7.39. The predicted octanol–water partition coefficient (Wildman–Crippen LogP) is 2.00. The van der Waals surface area contributed by atoms with E-state index < -0.39 is 11.6 Å². The van der Waals surface area contributed by atoms with Crippen molar-refractivity contribution in [1.82, 2.24) is 9.88 Å². The Morgan fingerprint density at radius 2 is 2.08 bits per heavy atom. The van der Waals surface area contributed by atoms with Crippen molar-refractivity contribution in [1.29, 1.82) is 0 Å². The third-order valence-corrected chi connectivity index (χ3v) is 5.58. The van der Waals surface area contributed by atoms with Crippen LogP contribution in [-0.4, -0.2) is 40.3 Å². The smallest absolute Gasteiger partial charge is 0.273 e. The molecule has 7 nitrogen and oxygen atoms in total. The van der Waals surface area contributed by atoms with Gasteiger partial charge in [-0.15, -0.1) is 11.3 Å². The highest BCUT2D eigenvalue weighted by molar-refractivity contribution is 7.15. The minimum Gasteiger partial charge on any atom is -0.310 e. The molecule has 0 spiro atoms. The number of aromatic nitrogens is 1. The van der Waals surface area contributed by atoms with Crippen LogP contribution in [0, 0.1) is 6.92 Å². The number of hydrogen-bond donors (Lipinski definition) is 1. The molecule has 4 rings (SSSR count). The van der Waals surface area contributed by atoms with E-state index in [1.165, 1.54) is 21.1 Å². The van der Waals surface area contributed by atoms with Gasteiger partial charge in [-0.2, -0.15) is 0 Å². The lowest BCUT2D eigenvalue weighted by molar-refractivity contribution is -0.128. The number of nitrogens with one attached hydrogen (secondary N) is 1. The van der Waals surface area contributed by atoms with E-state index in [1.807, 2.05) is 6.92 Å². The average molecular weight is 356 g/mol. The normalized spacial score (nSPS) is 22.0. The fourth-order valence-electron chi connectivity index (χ4n) is 3.54. The summed E-state index contributed by atoms with van der Waals surface area (Å²) in [4.78, 5) is 46.5. The highest BCUT2D eigenvalue weighted by Gasteiger charge is 2.59. The van der Waals surface area contributed by atoms with Crippen molar-refractivity contribution in [2.45, 2.75) is 25.4 Å². The predicted molar refractivity (Wildman–Crippen MR) is 93.5 cm³/mol. The van der Waals surface area contributed by atoms with Crippen LogP contribution < -0.4 is 10.2 Å². The molecule has 1 aromatic carbocycles. The van der Waals surface area contributed by atoms with E-state index in [0.29, 0.717) is 16.4 Å². The summed E-state index contributed by atoms with van der Waals surface area (Å²) in [6.07, 6.45) is 2.12. The van der Waals surface area contributed by atoms with Gasteiger partial charge in [0, 0.05) is 31.0 Å². The van der Waals surface area contributed by atoms with Crippen LogP contribution in [0.2, 0.25) is 0 Å². The van der Waals surface area contributed by atoms with Crippen LogP contribution in [0.3, 0.4) is 0 Å². The molecule has 2 aliphatic rings. The van der Waals surface area contributed by atoms with Gasteiger partial charge in [-0.3, -0.25) is 24.6 Å². The zero-order chi connectivity index (χ0) is 17.8. The molecule has 2 aromatic rings. The number of amides is 3. The Labute approximate surface area is 148 Å². The number of fused-ring (bicyclic) bond motifs is 3. The standard InChI is InChI=1S/C17H16N4O3S/c1-10-9-18-16(25-10)19-15(24)17-8-7-13(22)21(17)12-6-4-3-5-11(12)14(23)20(17)2/h3-6,9H,7-8H2,1-2H3,(H,18,19,24)/t17-/m0/s1. The molecule has 2 aliphatic heterocycles. The van der Waals surface area contributed by atoms with Gasteiger partial charge >= 0.3 is 0 Å². The van der Waals surface area contributed by atoms with Crippen LogP contribution in [0.1, 0.15) is 28.1 Å². The Balaban J connectivity index is 1.82. The van der Waals surface area contributed by atoms with Crippen molar-refractivity contribution in [2.24, 2.45) is 0 Å². The van der Waals surface area contributed by atoms with Gasteiger partial charge in [-0.25, -0.2) is 4.98 Å². The number of thiazole rings is 1. The molecular formula is C17H16N4O3S. The van der Waals surface area contributed by atoms with E-state index in [-0.39, 0.29) is 24.7 Å². The fourth-order valence-corrected chi connectivity index (χ4v) is 4.20. The summed E-state index contributed by atoms with van der Waals surface area (Å²) >= 11 is 1.35. The molecule has 0 unspecified atom stereocenters. The Morgan fingerprint density at radius 1 is 1.32 bits per heavy atom. The first-order valence-corrected chi connectivity index (χ1v) is 8.71. The molecule has 128 valence electrons. The minimum atomic E-state index is -1.36. The van der Waals surface area contributed by atoms with Crippen LogP contribution in [0.4, 0.5) is 10.8 Å². The van der Waals surface area contributed by atoms with Gasteiger partial charge in [0.15, 0.2) is 5.13 Å². The number of nitrogens with zero attached hydrogens (tertiary/aromatic N) is 3. The Kier molecular flexibility index (Phi) is 3.40. The first-order chi connectivity index (χ1) is 11.9. The summed E-state index contributed by atoms with van der Waals surface area (Å²) in [6.45, 7) is 1.89. The first kappa shape index (κ1) is 15.8. The number of benzene rings is 1. The van der Waals surface area contributed by atoms with Crippen LogP contribution in [0.5, 0.6) is 0 Å². The number of likely N-dealkylation sites (N-methyl/N-ethyl adjacent to an activating group) is 1. The molecule has 1 saturated heterocycles. The topological polar surface area (TPSA) is 82.6 Å². The molecule has 25 heavy (non-hydrogen) atoms. The number of para-hydroxylation sites is 1. The van der Waals surface area contributed by atoms with Crippen molar-refractivity contribution in [3.05, 3.63) is 40.9 Å². The second kappa shape index (κ2) is 5.38. The van der Waals surface area contributed by atoms with Crippen molar-refractivity contribution in [3.63, 3.8) is 0 Å². The maximum atomic E-state index is 13.2. The second-order valence-electron chi connectivity index (χ2n) is 6.16. The SMILES string of the molecule is Cc1cnc(NC(=O)[C@]23CCC(=O)N2c2ccccc2C(=O)N3C)s1. The molecule has 1 N–H and O–H groups in total. The average Bonchev–Trinajstić information content (AvgIpc) is 3.17. The summed E-state index contributed by atoms with van der Waals surface area (Å²) < 4.78 is 0. The molecule has 1 fully saturated rings. The summed E-state index contributed by atoms with van der Waals surface area (Å²) in [5.74, 6) is -0.859. The maximum Gasteiger partial charge on any atom is 0.273 e. The number of aryl methyl sites for hydroxylation is 1. The van der Waals surface area contributed by atoms with Crippen molar-refractivity contribution in [2.75, 3.05) is 17.3 Å². The zero-order valence-corrected chi connectivity index (χ0v) is 14.6. The number of hydrogen-bond acceptors (Lipinski definition) is 5. The number of carbonyl (C=O) groups is 3. The number of anilines is 2. The van der Waals surface area contributed by atoms with Crippen LogP contribution >= 0.6 is 11.3 Å². The monoisotopic (exact) mass is 356 g/mol. The van der Waals surface area contributed by atoms with Gasteiger partial charge in [0.25, 0.3) is 11.8 Å². The van der Waals surface area contributed by atoms with Crippen molar-refractivity contribution in [3.8, 4) is 0 Å². The van der Waals surface area contributed by atoms with Crippen molar-refractivity contribution >= 4 is 39.9 Å². The molecule has 0 radical (unpaired) electrons. The van der Waals surface area contributed by atoms with Gasteiger partial charge in [0.1, 0.15) is 0 Å². The van der Waals surface area contributed by atoms with Gasteiger partial charge in [0.05, 0.1) is 11.3 Å². The summed E-state index contributed by atoms with van der Waals surface area (Å²) in [5, 5.41) is 3.23. The molecular weight excluding hydrogens is 340 g/mol. The highest BCUT2D eigenvalue weighted by atomic mass is 32.1. The van der Waals surface area contributed by atoms with E-state index in [2.05, 4.69) is 10.3 Å². The Hall–Kier alpha value is -2.74. The molecule has 3 amide bonds. The van der Waals surface area contributed by atoms with E-state index in [1.54, 1.807) is 37.5 Å². The first-order valence-electron chi connectivity index (χ1n) is 7.89. The fraction of sp³-hybridized carbons (Fsp3) is 0.294. The van der Waals surface area contributed by atoms with Gasteiger partial charge in [-0.1, -0.05) is 12.1 Å². The van der Waals surface area contributed by atoms with Crippen molar-refractivity contribution < 1.29 is 14.4 Å². The van der Waals surface area contributed by atoms with E-state index in [4.69, 9.17) is 0 Å². The summed E-state index contributed by atoms with van der Waals surface area (Å²) in [5.41, 5.74) is -0.449. The zero-order valence-electron chi connectivity index (χ0n) is 13.8. The van der Waals surface area contributed by atoms with Gasteiger partial charge < -0.3 is 4.90 Å². The van der Waals surface area contributed by atoms with E-state index in [9.17, 15) is 14.4 Å². The molecule has 1 aromatic heterocycles. The largest absolute Gasteiger partial charge is 0.310 e. The number of carbonyl (C=O) groups excluding carboxylic acids is 3. The lowest BCUT2D eigenvalue weighted by Crippen LogP contribution is -2.68. The Morgan fingerprint density at radius 3 is 2.80 bits per heavy atom. The van der Waals surface area contributed by atoms with Crippen LogP contribution in [-0.2, 0) is 9.59 Å². The summed E-state index contributed by atoms with van der Waals surface area (Å²) in [7, 11) is 1.57. The molecule has 8 heteroatoms. The van der Waals surface area contributed by atoms with Crippen LogP contribution in [0.15, 0.2) is 30.5 Å². The molecule has 0 saturated carbocycles. The molecule has 0 bridgehead atoms. The highest BCUT2D eigenvalue weighted by Crippen LogP contribution is 2.44. The lowest BCUT2D eigenvalue weighted by atomic mass is 9.96. The number of rotatable bonds is 2. The van der Waals surface area contributed by atoms with E-state index >= 15 is 0 Å². The van der Waals surface area contributed by atoms with Gasteiger partial charge in [0.2, 0.25) is 11.6 Å². The quantitative estimate of drug-likeness (QED) is 0.892. The third-order valence-electron chi connectivity index (χ3n) is 4.75.